The predicted molar refractivity (Wildman–Crippen MR) is 112 cm³/mol. The Bertz CT molecular complexity index is 919. The molecule has 2 aromatic carbocycles. The van der Waals surface area contributed by atoms with Crippen molar-refractivity contribution in [3.63, 3.8) is 0 Å². The van der Waals surface area contributed by atoms with Crippen LogP contribution in [0.1, 0.15) is 24.6 Å². The van der Waals surface area contributed by atoms with Gasteiger partial charge in [0.1, 0.15) is 18.2 Å². The Morgan fingerprint density at radius 2 is 1.79 bits per heavy atom. The number of halogens is 1. The maximum Gasteiger partial charge on any atom is 0.350 e. The molecule has 1 N–H and O–H groups in total. The first kappa shape index (κ1) is 20.2. The Labute approximate surface area is 170 Å². The molecule has 0 bridgehead atoms. The number of rotatable bonds is 6. The third-order valence-electron chi connectivity index (χ3n) is 4.86. The second-order valence-corrected chi connectivity index (χ2v) is 6.74. The highest BCUT2D eigenvalue weighted by Gasteiger charge is 2.24. The molecule has 4 rings (SSSR count). The summed E-state index contributed by atoms with van der Waals surface area (Å²) in [6.45, 7) is 2.69. The summed E-state index contributed by atoms with van der Waals surface area (Å²) in [5, 5.41) is 8.10. The number of nitrogens with one attached hydrogen (secondary N) is 1. The molecular formula is C21H25ClN4O2. The number of para-hydroxylation sites is 2. The highest BCUT2D eigenvalue weighted by Crippen LogP contribution is 2.22. The van der Waals surface area contributed by atoms with E-state index in [-0.39, 0.29) is 24.0 Å². The second kappa shape index (κ2) is 9.57. The van der Waals surface area contributed by atoms with Crippen LogP contribution in [0.5, 0.6) is 5.75 Å². The van der Waals surface area contributed by atoms with Crippen molar-refractivity contribution in [3.8, 4) is 11.4 Å². The Balaban J connectivity index is 0.00000225. The first-order valence-corrected chi connectivity index (χ1v) is 9.46. The Hall–Kier alpha value is -2.57. The second-order valence-electron chi connectivity index (χ2n) is 6.74. The van der Waals surface area contributed by atoms with Gasteiger partial charge in [-0.25, -0.2) is 14.0 Å². The third kappa shape index (κ3) is 4.46. The summed E-state index contributed by atoms with van der Waals surface area (Å²) < 4.78 is 9.02. The molecule has 1 fully saturated rings. The average Bonchev–Trinajstić information content (AvgIpc) is 3.06. The summed E-state index contributed by atoms with van der Waals surface area (Å²) in [7, 11) is 0. The molecule has 1 aliphatic rings. The monoisotopic (exact) mass is 400 g/mol. The normalized spacial score (nSPS) is 16.4. The Morgan fingerprint density at radius 3 is 2.46 bits per heavy atom. The lowest BCUT2D eigenvalue weighted by atomic mass is 9.99. The van der Waals surface area contributed by atoms with Crippen molar-refractivity contribution >= 4 is 12.4 Å². The van der Waals surface area contributed by atoms with E-state index in [1.54, 1.807) is 4.57 Å². The van der Waals surface area contributed by atoms with Gasteiger partial charge in [0, 0.05) is 12.5 Å². The van der Waals surface area contributed by atoms with Crippen LogP contribution in [0, 0.1) is 0 Å². The van der Waals surface area contributed by atoms with Crippen LogP contribution in [-0.4, -0.2) is 34.0 Å². The van der Waals surface area contributed by atoms with Crippen LogP contribution in [-0.2, 0) is 6.54 Å². The number of piperidine rings is 1. The van der Waals surface area contributed by atoms with Crippen LogP contribution >= 0.6 is 12.4 Å². The van der Waals surface area contributed by atoms with Crippen molar-refractivity contribution in [2.75, 3.05) is 19.7 Å². The fourth-order valence-electron chi connectivity index (χ4n) is 3.49. The zero-order valence-corrected chi connectivity index (χ0v) is 16.5. The minimum absolute atomic E-state index is 0. The number of benzene rings is 2. The molecule has 1 atom stereocenters. The van der Waals surface area contributed by atoms with Crippen LogP contribution < -0.4 is 15.7 Å². The SMILES string of the molecule is Cl.O=c1n(CCOc2ccccc2)nc(C2CCCNC2)n1-c1ccccc1. The Kier molecular flexibility index (Phi) is 6.90. The molecule has 28 heavy (non-hydrogen) atoms. The summed E-state index contributed by atoms with van der Waals surface area (Å²) >= 11 is 0. The molecule has 1 aliphatic heterocycles. The van der Waals surface area contributed by atoms with Crippen molar-refractivity contribution in [1.82, 2.24) is 19.7 Å². The van der Waals surface area contributed by atoms with Gasteiger partial charge in [-0.05, 0) is 43.7 Å². The standard InChI is InChI=1S/C21H24N4O2.ClH/c26-21-24(14-15-27-19-11-5-2-6-12-19)23-20(17-8-7-13-22-16-17)25(21)18-9-3-1-4-10-18;/h1-6,9-12,17,22H,7-8,13-16H2;1H. The number of nitrogens with zero attached hydrogens (tertiary/aromatic N) is 3. The summed E-state index contributed by atoms with van der Waals surface area (Å²) in [6, 6.07) is 19.4. The summed E-state index contributed by atoms with van der Waals surface area (Å²) in [6.07, 6.45) is 2.13. The molecule has 148 valence electrons. The molecule has 0 spiro atoms. The highest BCUT2D eigenvalue weighted by atomic mass is 35.5. The van der Waals surface area contributed by atoms with Gasteiger partial charge in [-0.2, -0.15) is 5.10 Å². The number of ether oxygens (including phenoxy) is 1. The van der Waals surface area contributed by atoms with Gasteiger partial charge in [0.25, 0.3) is 0 Å². The van der Waals surface area contributed by atoms with Crippen LogP contribution in [0.4, 0.5) is 0 Å². The Morgan fingerprint density at radius 1 is 1.07 bits per heavy atom. The lowest BCUT2D eigenvalue weighted by Crippen LogP contribution is -2.31. The largest absolute Gasteiger partial charge is 0.492 e. The van der Waals surface area contributed by atoms with Crippen LogP contribution in [0.3, 0.4) is 0 Å². The molecule has 6 nitrogen and oxygen atoms in total. The van der Waals surface area contributed by atoms with Crippen LogP contribution in [0.15, 0.2) is 65.5 Å². The lowest BCUT2D eigenvalue weighted by Gasteiger charge is -2.22. The van der Waals surface area contributed by atoms with Gasteiger partial charge in [0.05, 0.1) is 12.2 Å². The summed E-state index contributed by atoms with van der Waals surface area (Å²) in [4.78, 5) is 13.1. The fourth-order valence-corrected chi connectivity index (χ4v) is 3.49. The molecule has 0 amide bonds. The van der Waals surface area contributed by atoms with Gasteiger partial charge in [-0.15, -0.1) is 12.4 Å². The van der Waals surface area contributed by atoms with E-state index in [1.165, 1.54) is 4.68 Å². The van der Waals surface area contributed by atoms with Crippen molar-refractivity contribution in [1.29, 1.82) is 0 Å². The molecule has 1 aromatic heterocycles. The number of hydrogen-bond acceptors (Lipinski definition) is 4. The van der Waals surface area contributed by atoms with Crippen molar-refractivity contribution < 1.29 is 4.74 Å². The molecule has 0 aliphatic carbocycles. The fraction of sp³-hybridized carbons (Fsp3) is 0.333. The van der Waals surface area contributed by atoms with Gasteiger partial charge < -0.3 is 10.1 Å². The van der Waals surface area contributed by atoms with E-state index < -0.39 is 0 Å². The molecule has 7 heteroatoms. The minimum atomic E-state index is -0.113. The maximum absolute atomic E-state index is 13.1. The van der Waals surface area contributed by atoms with Gasteiger partial charge in [-0.1, -0.05) is 36.4 Å². The lowest BCUT2D eigenvalue weighted by molar-refractivity contribution is 0.288. The topological polar surface area (TPSA) is 61.1 Å². The molecule has 1 unspecified atom stereocenters. The van der Waals surface area contributed by atoms with Gasteiger partial charge >= 0.3 is 5.69 Å². The summed E-state index contributed by atoms with van der Waals surface area (Å²) in [5.74, 6) is 1.87. The number of hydrogen-bond donors (Lipinski definition) is 1. The molecule has 0 radical (unpaired) electrons. The predicted octanol–water partition coefficient (Wildman–Crippen LogP) is 3.00. The molecule has 3 aromatic rings. The van der Waals surface area contributed by atoms with Crippen LogP contribution in [0.25, 0.3) is 5.69 Å². The van der Waals surface area contributed by atoms with E-state index in [2.05, 4.69) is 10.4 Å². The van der Waals surface area contributed by atoms with Gasteiger partial charge in [0.2, 0.25) is 0 Å². The van der Waals surface area contributed by atoms with Gasteiger partial charge in [-0.3, -0.25) is 0 Å². The van der Waals surface area contributed by atoms with E-state index >= 15 is 0 Å². The van der Waals surface area contributed by atoms with E-state index in [1.807, 2.05) is 60.7 Å². The highest BCUT2D eigenvalue weighted by molar-refractivity contribution is 5.85. The first-order chi connectivity index (χ1) is 13.3. The average molecular weight is 401 g/mol. The smallest absolute Gasteiger partial charge is 0.350 e. The summed E-state index contributed by atoms with van der Waals surface area (Å²) in [5.41, 5.74) is 0.747. The maximum atomic E-state index is 13.1. The molecule has 0 saturated carbocycles. The third-order valence-corrected chi connectivity index (χ3v) is 4.86. The van der Waals surface area contributed by atoms with Crippen LogP contribution in [0.2, 0.25) is 0 Å². The van der Waals surface area contributed by atoms with Crippen molar-refractivity contribution in [2.45, 2.75) is 25.3 Å². The van der Waals surface area contributed by atoms with Crippen molar-refractivity contribution in [2.24, 2.45) is 0 Å². The zero-order chi connectivity index (χ0) is 18.5. The quantitative estimate of drug-likeness (QED) is 0.691. The van der Waals surface area contributed by atoms with Gasteiger partial charge in [0.15, 0.2) is 0 Å². The first-order valence-electron chi connectivity index (χ1n) is 9.46. The van der Waals surface area contributed by atoms with Crippen molar-refractivity contribution in [3.05, 3.63) is 77.0 Å². The zero-order valence-electron chi connectivity index (χ0n) is 15.7. The molecule has 1 saturated heterocycles. The number of aromatic nitrogens is 3. The van der Waals surface area contributed by atoms with E-state index in [0.29, 0.717) is 13.2 Å². The van der Waals surface area contributed by atoms with E-state index in [4.69, 9.17) is 4.74 Å². The molecular weight excluding hydrogens is 376 g/mol. The molecule has 2 heterocycles. The van der Waals surface area contributed by atoms with E-state index in [9.17, 15) is 4.79 Å². The van der Waals surface area contributed by atoms with E-state index in [0.717, 1.165) is 43.2 Å². The minimum Gasteiger partial charge on any atom is -0.492 e.